The molecule has 4 aliphatic rings. The molecule has 2 N–H and O–H groups in total. The lowest BCUT2D eigenvalue weighted by atomic mass is 9.47. The Labute approximate surface area is 256 Å². The van der Waals surface area contributed by atoms with Gasteiger partial charge in [-0.2, -0.15) is 0 Å². The van der Waals surface area contributed by atoms with Gasteiger partial charge >= 0.3 is 5.97 Å². The van der Waals surface area contributed by atoms with E-state index in [-0.39, 0.29) is 42.8 Å². The Kier molecular flexibility index (Phi) is 12.0. The molecule has 3 saturated carbocycles. The van der Waals surface area contributed by atoms with E-state index in [2.05, 4.69) is 46.0 Å². The normalized spacial score (nSPS) is 34.6. The fraction of sp³-hybridized carbons (Fsp3) is 0.889. The van der Waals surface area contributed by atoms with Crippen molar-refractivity contribution in [3.8, 4) is 0 Å². The molecule has 0 aromatic heterocycles. The van der Waals surface area contributed by atoms with Crippen molar-refractivity contribution in [1.29, 1.82) is 0 Å². The summed E-state index contributed by atoms with van der Waals surface area (Å²) >= 11 is 0. The predicted octanol–water partition coefficient (Wildman–Crippen LogP) is 7.24. The number of aliphatic hydroxyl groups is 1. The molecule has 0 radical (unpaired) electrons. The summed E-state index contributed by atoms with van der Waals surface area (Å²) in [7, 11) is 0. The molecule has 4 rings (SSSR count). The van der Waals surface area contributed by atoms with Gasteiger partial charge in [-0.3, -0.25) is 9.59 Å². The molecule has 0 aromatic carbocycles. The van der Waals surface area contributed by atoms with Gasteiger partial charge in [0.1, 0.15) is 6.10 Å². The topological polar surface area (TPSA) is 84.9 Å². The molecule has 4 aliphatic carbocycles. The van der Waals surface area contributed by atoms with Crippen molar-refractivity contribution in [3.63, 3.8) is 0 Å². The van der Waals surface area contributed by atoms with E-state index >= 15 is 0 Å². The first kappa shape index (κ1) is 33.5. The van der Waals surface area contributed by atoms with Gasteiger partial charge in [0.25, 0.3) is 0 Å². The van der Waals surface area contributed by atoms with Gasteiger partial charge in [-0.05, 0) is 97.7 Å². The molecule has 0 saturated heterocycles. The third-order valence-electron chi connectivity index (χ3n) is 12.1. The summed E-state index contributed by atoms with van der Waals surface area (Å²) in [6.45, 7) is 13.8. The Morgan fingerprint density at radius 1 is 1.00 bits per heavy atom. The largest absolute Gasteiger partial charge is 0.462 e. The average Bonchev–Trinajstić information content (AvgIpc) is 3.31. The molecular weight excluding hydrogens is 526 g/mol. The Morgan fingerprint density at radius 3 is 2.57 bits per heavy atom. The minimum Gasteiger partial charge on any atom is -0.462 e. The third kappa shape index (κ3) is 7.81. The number of amides is 1. The van der Waals surface area contributed by atoms with Crippen LogP contribution in [0.4, 0.5) is 0 Å². The van der Waals surface area contributed by atoms with Crippen molar-refractivity contribution in [2.24, 2.45) is 46.3 Å². The van der Waals surface area contributed by atoms with Crippen molar-refractivity contribution in [2.45, 2.75) is 131 Å². The van der Waals surface area contributed by atoms with E-state index in [1.165, 1.54) is 56.9 Å². The van der Waals surface area contributed by atoms with E-state index in [9.17, 15) is 9.59 Å². The molecule has 240 valence electrons. The maximum Gasteiger partial charge on any atom is 0.306 e. The molecular formula is C36H61NO5. The van der Waals surface area contributed by atoms with Gasteiger partial charge in [0, 0.05) is 26.0 Å². The molecule has 8 atom stereocenters. The number of hydrogen-bond donors (Lipinski definition) is 2. The first-order valence-corrected chi connectivity index (χ1v) is 17.4. The van der Waals surface area contributed by atoms with Crippen LogP contribution in [0.5, 0.6) is 0 Å². The Hall–Kier alpha value is -1.40. The molecule has 0 aliphatic heterocycles. The van der Waals surface area contributed by atoms with Crippen molar-refractivity contribution in [3.05, 3.63) is 11.6 Å². The standard InChI is InChI=1S/C36H61NO5/c1-25(2)8-6-9-26(3)30-12-13-31-29-11-10-27-24-28(16-18-35(27,4)32(29)17-19-36(30,31)5)42-34(40)15-14-33(39)37-20-7-22-41-23-21-38/h10,25-26,28-32,38H,6-9,11-24H2,1-5H3,(H,37,39)/t26?,28-,29-,30+,31-,32-,35-,36+/m0/s1. The van der Waals surface area contributed by atoms with Crippen LogP contribution in [-0.4, -0.2) is 49.5 Å². The van der Waals surface area contributed by atoms with Crippen LogP contribution in [0.25, 0.3) is 0 Å². The second-order valence-corrected chi connectivity index (χ2v) is 15.2. The van der Waals surface area contributed by atoms with Crippen LogP contribution in [0.15, 0.2) is 11.6 Å². The van der Waals surface area contributed by atoms with Gasteiger partial charge in [-0.1, -0.05) is 65.5 Å². The fourth-order valence-electron chi connectivity index (χ4n) is 9.87. The van der Waals surface area contributed by atoms with Gasteiger partial charge in [0.2, 0.25) is 5.91 Å². The van der Waals surface area contributed by atoms with Gasteiger partial charge in [0.05, 0.1) is 19.6 Å². The summed E-state index contributed by atoms with van der Waals surface area (Å²) in [5, 5.41) is 11.5. The Morgan fingerprint density at radius 2 is 1.81 bits per heavy atom. The maximum atomic E-state index is 12.6. The molecule has 0 aromatic rings. The molecule has 0 bridgehead atoms. The van der Waals surface area contributed by atoms with Crippen molar-refractivity contribution < 1.29 is 24.2 Å². The number of aliphatic hydroxyl groups excluding tert-OH is 1. The molecule has 0 heterocycles. The summed E-state index contributed by atoms with van der Waals surface area (Å²) in [5.74, 6) is 4.59. The van der Waals surface area contributed by atoms with E-state index in [0.717, 1.165) is 54.8 Å². The number of ether oxygens (including phenoxy) is 2. The summed E-state index contributed by atoms with van der Waals surface area (Å²) in [6, 6.07) is 0. The first-order valence-electron chi connectivity index (χ1n) is 17.4. The molecule has 3 fully saturated rings. The molecule has 42 heavy (non-hydrogen) atoms. The van der Waals surface area contributed by atoms with Crippen LogP contribution >= 0.6 is 0 Å². The molecule has 6 heteroatoms. The lowest BCUT2D eigenvalue weighted by molar-refractivity contribution is -0.152. The third-order valence-corrected chi connectivity index (χ3v) is 12.1. The number of allylic oxidation sites excluding steroid dienone is 1. The van der Waals surface area contributed by atoms with E-state index in [0.29, 0.717) is 31.6 Å². The second kappa shape index (κ2) is 15.1. The lowest BCUT2D eigenvalue weighted by Crippen LogP contribution is -2.51. The highest BCUT2D eigenvalue weighted by molar-refractivity contribution is 5.81. The Bertz CT molecular complexity index is 932. The van der Waals surface area contributed by atoms with E-state index in [4.69, 9.17) is 14.6 Å². The smallest absolute Gasteiger partial charge is 0.306 e. The zero-order valence-corrected chi connectivity index (χ0v) is 27.4. The van der Waals surface area contributed by atoms with Gasteiger partial charge in [-0.15, -0.1) is 0 Å². The number of carbonyl (C=O) groups is 2. The van der Waals surface area contributed by atoms with Crippen LogP contribution in [0, 0.1) is 46.3 Å². The van der Waals surface area contributed by atoms with Crippen LogP contribution in [0.1, 0.15) is 125 Å². The fourth-order valence-corrected chi connectivity index (χ4v) is 9.87. The highest BCUT2D eigenvalue weighted by Crippen LogP contribution is 2.67. The minimum atomic E-state index is -0.257. The molecule has 6 nitrogen and oxygen atoms in total. The zero-order valence-electron chi connectivity index (χ0n) is 27.4. The zero-order chi connectivity index (χ0) is 30.3. The summed E-state index contributed by atoms with van der Waals surface area (Å²) < 4.78 is 11.1. The van der Waals surface area contributed by atoms with Gasteiger partial charge in [-0.25, -0.2) is 0 Å². The number of rotatable bonds is 15. The van der Waals surface area contributed by atoms with Gasteiger partial charge < -0.3 is 19.9 Å². The maximum absolute atomic E-state index is 12.6. The number of esters is 1. The van der Waals surface area contributed by atoms with Crippen LogP contribution < -0.4 is 5.32 Å². The van der Waals surface area contributed by atoms with E-state index < -0.39 is 0 Å². The predicted molar refractivity (Wildman–Crippen MR) is 168 cm³/mol. The number of carbonyl (C=O) groups excluding carboxylic acids is 2. The average molecular weight is 588 g/mol. The highest BCUT2D eigenvalue weighted by atomic mass is 16.5. The van der Waals surface area contributed by atoms with Crippen molar-refractivity contribution in [2.75, 3.05) is 26.4 Å². The minimum absolute atomic E-state index is 0.00564. The van der Waals surface area contributed by atoms with Crippen LogP contribution in [0.2, 0.25) is 0 Å². The van der Waals surface area contributed by atoms with E-state index in [1.54, 1.807) is 0 Å². The highest BCUT2D eigenvalue weighted by Gasteiger charge is 2.59. The number of fused-ring (bicyclic) bond motifs is 5. The van der Waals surface area contributed by atoms with E-state index in [1.807, 2.05) is 0 Å². The second-order valence-electron chi connectivity index (χ2n) is 15.2. The van der Waals surface area contributed by atoms with Crippen molar-refractivity contribution >= 4 is 11.9 Å². The molecule has 1 unspecified atom stereocenters. The number of hydrogen-bond acceptors (Lipinski definition) is 5. The van der Waals surface area contributed by atoms with Crippen LogP contribution in [0.3, 0.4) is 0 Å². The summed E-state index contributed by atoms with van der Waals surface area (Å²) in [6.07, 6.45) is 17.3. The number of nitrogens with one attached hydrogen (secondary N) is 1. The Balaban J connectivity index is 1.25. The SMILES string of the molecule is CC(C)CCCC(C)[C@H]1CC[C@H]2[C@@H]3CC=C4C[C@@H](OC(=O)CCC(=O)NCCCOCCO)CC[C@]4(C)[C@H]3CC[C@]12C. The lowest BCUT2D eigenvalue weighted by Gasteiger charge is -2.58. The molecule has 1 amide bonds. The monoisotopic (exact) mass is 587 g/mol. The van der Waals surface area contributed by atoms with Gasteiger partial charge in [0.15, 0.2) is 0 Å². The van der Waals surface area contributed by atoms with Crippen LogP contribution in [-0.2, 0) is 19.1 Å². The van der Waals surface area contributed by atoms with Crippen molar-refractivity contribution in [1.82, 2.24) is 5.32 Å². The molecule has 0 spiro atoms. The first-order chi connectivity index (χ1) is 20.1. The summed E-state index contributed by atoms with van der Waals surface area (Å²) in [4.78, 5) is 24.7. The quantitative estimate of drug-likeness (QED) is 0.120. The summed E-state index contributed by atoms with van der Waals surface area (Å²) in [5.41, 5.74) is 2.29.